The topological polar surface area (TPSA) is 271 Å². The Bertz CT molecular complexity index is 3230. The molecule has 21 heteroatoms. The van der Waals surface area contributed by atoms with E-state index in [2.05, 4.69) is 0 Å². The highest BCUT2D eigenvalue weighted by molar-refractivity contribution is 5.19. The fourth-order valence-electron chi connectivity index (χ4n) is 11.9. The molecule has 7 aromatic rings. The van der Waals surface area contributed by atoms with Crippen molar-refractivity contribution < 1.29 is 102 Å². The van der Waals surface area contributed by atoms with Crippen LogP contribution < -0.4 is 0 Å². The van der Waals surface area contributed by atoms with Crippen LogP contribution in [-0.4, -0.2) is 185 Å². The first-order valence-corrected chi connectivity index (χ1v) is 31.8. The van der Waals surface area contributed by atoms with Gasteiger partial charge in [0, 0.05) is 0 Å². The molecular weight excluding hydrogens is 1210 g/mol. The number of benzene rings is 7. The van der Waals surface area contributed by atoms with Crippen molar-refractivity contribution in [3.05, 3.63) is 251 Å². The lowest BCUT2D eigenvalue weighted by Crippen LogP contribution is -2.67. The lowest BCUT2D eigenvalue weighted by Gasteiger charge is -2.49. The monoisotopic (exact) mass is 1300 g/mol. The summed E-state index contributed by atoms with van der Waals surface area (Å²) in [7, 11) is 0. The summed E-state index contributed by atoms with van der Waals surface area (Å²) in [6, 6.07) is 65.9. The summed E-state index contributed by atoms with van der Waals surface area (Å²) in [4.78, 5) is 0. The van der Waals surface area contributed by atoms with Crippen molar-refractivity contribution in [2.45, 2.75) is 169 Å². The Labute approximate surface area is 546 Å². The van der Waals surface area contributed by atoms with E-state index in [9.17, 15) is 35.7 Å². The number of ether oxygens (including phenoxy) is 14. The average Bonchev–Trinajstić information content (AvgIpc) is 0.818. The summed E-state index contributed by atoms with van der Waals surface area (Å²) in [5, 5.41) is 84.0. The van der Waals surface area contributed by atoms with E-state index < -0.39 is 136 Å². The SMILES string of the molecule is OCC1O[C@@H](O)C(O)C(OCc2ccccc2)[C@@H]1O[C@@H]1O[C@@H](CO[C@H]2OC(COCc3ccccc3)[C@@H](OCc3ccccc3)C(OCc3ccccc3)C2O)[C@@H](O)C(O[C@@H]2OC(COCc3ccccc3)[C@H](OCc3ccccc3)[C@@H](OCc3ccccc3)C2O)C1O. The van der Waals surface area contributed by atoms with Gasteiger partial charge in [-0.05, 0) is 38.9 Å². The fourth-order valence-corrected chi connectivity index (χ4v) is 11.9. The van der Waals surface area contributed by atoms with Gasteiger partial charge >= 0.3 is 0 Å². The van der Waals surface area contributed by atoms with Crippen molar-refractivity contribution in [3.8, 4) is 0 Å². The van der Waals surface area contributed by atoms with Crippen LogP contribution in [0.2, 0.25) is 0 Å². The first kappa shape index (κ1) is 69.1. The first-order chi connectivity index (χ1) is 46.1. The predicted octanol–water partition coefficient (Wildman–Crippen LogP) is 5.82. The highest BCUT2D eigenvalue weighted by atomic mass is 16.8. The Hall–Kier alpha value is -6.30. The quantitative estimate of drug-likeness (QED) is 0.0270. The normalized spacial score (nSPS) is 31.2. The summed E-state index contributed by atoms with van der Waals surface area (Å²) in [6.07, 6.45) is -29.6. The molecule has 94 heavy (non-hydrogen) atoms. The van der Waals surface area contributed by atoms with Gasteiger partial charge in [-0.25, -0.2) is 0 Å². The van der Waals surface area contributed by atoms with Gasteiger partial charge < -0.3 is 102 Å². The molecule has 4 fully saturated rings. The van der Waals surface area contributed by atoms with E-state index in [4.69, 9.17) is 66.3 Å². The van der Waals surface area contributed by atoms with Crippen molar-refractivity contribution in [2.75, 3.05) is 26.4 Å². The second-order valence-electron chi connectivity index (χ2n) is 23.7. The van der Waals surface area contributed by atoms with Crippen LogP contribution in [0.5, 0.6) is 0 Å². The van der Waals surface area contributed by atoms with E-state index in [1.165, 1.54) is 0 Å². The Balaban J connectivity index is 0.905. The van der Waals surface area contributed by atoms with Crippen LogP contribution >= 0.6 is 0 Å². The van der Waals surface area contributed by atoms with Crippen LogP contribution in [0.3, 0.4) is 0 Å². The molecule has 20 atom stereocenters. The van der Waals surface area contributed by atoms with E-state index in [0.717, 1.165) is 33.4 Å². The molecule has 502 valence electrons. The first-order valence-electron chi connectivity index (χ1n) is 31.8. The van der Waals surface area contributed by atoms with Gasteiger partial charge in [0.05, 0.1) is 72.7 Å². The molecule has 11 rings (SSSR count). The highest BCUT2D eigenvalue weighted by Gasteiger charge is 2.56. The zero-order chi connectivity index (χ0) is 65.0. The van der Waals surface area contributed by atoms with Crippen molar-refractivity contribution in [1.29, 1.82) is 0 Å². The summed E-state index contributed by atoms with van der Waals surface area (Å²) >= 11 is 0. The molecular formula is C73H84O21. The number of hydrogen-bond donors (Lipinski definition) is 7. The Kier molecular flexibility index (Phi) is 25.8. The maximum Gasteiger partial charge on any atom is 0.187 e. The smallest absolute Gasteiger partial charge is 0.187 e. The van der Waals surface area contributed by atoms with Gasteiger partial charge in [-0.1, -0.05) is 212 Å². The zero-order valence-corrected chi connectivity index (χ0v) is 51.9. The molecule has 4 saturated heterocycles. The molecule has 4 aliphatic heterocycles. The molecule has 0 aliphatic carbocycles. The van der Waals surface area contributed by atoms with Crippen molar-refractivity contribution in [2.24, 2.45) is 0 Å². The van der Waals surface area contributed by atoms with Crippen molar-refractivity contribution in [1.82, 2.24) is 0 Å². The van der Waals surface area contributed by atoms with E-state index in [0.29, 0.717) is 5.56 Å². The van der Waals surface area contributed by atoms with E-state index in [-0.39, 0.29) is 59.5 Å². The van der Waals surface area contributed by atoms with Gasteiger partial charge in [0.25, 0.3) is 0 Å². The molecule has 0 spiro atoms. The van der Waals surface area contributed by atoms with Crippen LogP contribution in [0.1, 0.15) is 38.9 Å². The van der Waals surface area contributed by atoms with E-state index in [1.54, 1.807) is 24.3 Å². The lowest BCUT2D eigenvalue weighted by atomic mass is 9.95. The zero-order valence-electron chi connectivity index (χ0n) is 51.9. The summed E-state index contributed by atoms with van der Waals surface area (Å²) in [6.45, 7) is -0.916. The van der Waals surface area contributed by atoms with Crippen molar-refractivity contribution in [3.63, 3.8) is 0 Å². The van der Waals surface area contributed by atoms with E-state index >= 15 is 0 Å². The molecule has 10 unspecified atom stereocenters. The third-order valence-corrected chi connectivity index (χ3v) is 16.9. The predicted molar refractivity (Wildman–Crippen MR) is 337 cm³/mol. The van der Waals surface area contributed by atoms with Crippen LogP contribution in [-0.2, 0) is 113 Å². The molecule has 4 heterocycles. The third-order valence-electron chi connectivity index (χ3n) is 16.9. The maximum atomic E-state index is 12.8. The van der Waals surface area contributed by atoms with Gasteiger partial charge in [0.15, 0.2) is 25.2 Å². The van der Waals surface area contributed by atoms with Crippen LogP contribution in [0.25, 0.3) is 0 Å². The van der Waals surface area contributed by atoms with Gasteiger partial charge in [-0.3, -0.25) is 0 Å². The maximum absolute atomic E-state index is 12.8. The molecule has 0 saturated carbocycles. The van der Waals surface area contributed by atoms with Gasteiger partial charge in [-0.2, -0.15) is 0 Å². The van der Waals surface area contributed by atoms with Gasteiger partial charge in [0.2, 0.25) is 0 Å². The molecule has 0 radical (unpaired) electrons. The molecule has 4 aliphatic rings. The summed E-state index contributed by atoms with van der Waals surface area (Å²) in [5.74, 6) is 0. The third kappa shape index (κ3) is 18.6. The van der Waals surface area contributed by atoms with Gasteiger partial charge in [0.1, 0.15) is 97.7 Å². The number of rotatable bonds is 31. The molecule has 0 aromatic heterocycles. The number of aliphatic hydroxyl groups is 7. The minimum absolute atomic E-state index is 0.0204. The Morgan fingerprint density at radius 1 is 0.255 bits per heavy atom. The summed E-state index contributed by atoms with van der Waals surface area (Å²) < 4.78 is 90.7. The molecule has 21 nitrogen and oxygen atoms in total. The molecule has 7 aromatic carbocycles. The average molecular weight is 1300 g/mol. The second kappa shape index (κ2) is 35.1. The van der Waals surface area contributed by atoms with Crippen LogP contribution in [0, 0.1) is 0 Å². The van der Waals surface area contributed by atoms with Crippen molar-refractivity contribution >= 4 is 0 Å². The van der Waals surface area contributed by atoms with Gasteiger partial charge in [-0.15, -0.1) is 0 Å². The number of aliphatic hydroxyl groups excluding tert-OH is 7. The lowest BCUT2D eigenvalue weighted by molar-refractivity contribution is -0.388. The minimum Gasteiger partial charge on any atom is -0.394 e. The molecule has 7 N–H and O–H groups in total. The second-order valence-corrected chi connectivity index (χ2v) is 23.7. The number of hydrogen-bond acceptors (Lipinski definition) is 21. The van der Waals surface area contributed by atoms with Crippen LogP contribution in [0.15, 0.2) is 212 Å². The molecule has 0 bridgehead atoms. The minimum atomic E-state index is -1.98. The van der Waals surface area contributed by atoms with E-state index in [1.807, 2.05) is 188 Å². The Morgan fingerprint density at radius 3 is 0.926 bits per heavy atom. The highest BCUT2D eigenvalue weighted by Crippen LogP contribution is 2.37. The summed E-state index contributed by atoms with van der Waals surface area (Å²) in [5.41, 5.74) is 5.77. The fraction of sp³-hybridized carbons (Fsp3) is 0.425. The molecule has 0 amide bonds. The van der Waals surface area contributed by atoms with Crippen LogP contribution in [0.4, 0.5) is 0 Å². The standard InChI is InChI=1S/C73H84O21/c74-36-54-65(67(59(76)70(80)89-54)85-41-51-30-16-5-17-31-51)93-72-60(77)66(94-73-62(79)69(87-43-53-34-20-7-21-35-53)64(84-40-50-28-14-4-15-29-50)57(92-73)45-82-38-48-24-10-2-11-25-48)58(75)55(90-72)46-88-71-61(78)68(86-42-52-32-18-6-19-33-52)63(83-39-49-26-12-3-13-27-49)56(91-71)44-81-37-47-22-8-1-9-23-47/h1-35,54-80H,36-46H2/t54?,55-,56?,57?,58+,59?,60?,61?,62?,63+,64-,65+,66?,67?,68?,69-,70+,71-,72-,73-/m0/s1. The Morgan fingerprint density at radius 2 is 0.553 bits per heavy atom. The largest absolute Gasteiger partial charge is 0.394 e.